The number of rotatable bonds is 3. The van der Waals surface area contributed by atoms with Crippen LogP contribution in [0.25, 0.3) is 16.9 Å². The van der Waals surface area contributed by atoms with E-state index in [0.717, 1.165) is 16.8 Å². The molecular weight excluding hydrogens is 268 g/mol. The first kappa shape index (κ1) is 13.3. The van der Waals surface area contributed by atoms with E-state index in [0.29, 0.717) is 11.4 Å². The van der Waals surface area contributed by atoms with E-state index in [2.05, 4.69) is 4.98 Å². The Morgan fingerprint density at radius 1 is 1.19 bits per heavy atom. The molecular formula is C16H14N2O3. The van der Waals surface area contributed by atoms with Crippen LogP contribution in [0.5, 0.6) is 0 Å². The number of aryl methyl sites for hydroxylation is 1. The standard InChI is InChI=1S/C16H14N2O3/c1-10-2-7-14-17-15(13(9-19)18(14)8-10)11-3-5-12(6-4-11)16(20)21/h2-8,19H,9H2,1H3,(H,20,21). The molecule has 21 heavy (non-hydrogen) atoms. The average molecular weight is 282 g/mol. The minimum absolute atomic E-state index is 0.138. The largest absolute Gasteiger partial charge is 0.478 e. The molecule has 0 bridgehead atoms. The first-order chi connectivity index (χ1) is 10.1. The smallest absolute Gasteiger partial charge is 0.335 e. The lowest BCUT2D eigenvalue weighted by Gasteiger charge is -2.03. The van der Waals surface area contributed by atoms with Crippen LogP contribution in [0.4, 0.5) is 0 Å². The molecule has 3 aromatic rings. The molecule has 0 fully saturated rings. The fourth-order valence-electron chi connectivity index (χ4n) is 2.35. The molecule has 2 aromatic heterocycles. The van der Waals surface area contributed by atoms with Crippen molar-refractivity contribution >= 4 is 11.6 Å². The van der Waals surface area contributed by atoms with Crippen molar-refractivity contribution in [3.05, 3.63) is 59.4 Å². The van der Waals surface area contributed by atoms with Crippen LogP contribution in [0.15, 0.2) is 42.6 Å². The Morgan fingerprint density at radius 3 is 2.52 bits per heavy atom. The normalized spacial score (nSPS) is 11.0. The van der Waals surface area contributed by atoms with E-state index in [1.807, 2.05) is 29.7 Å². The number of aromatic nitrogens is 2. The maximum Gasteiger partial charge on any atom is 0.335 e. The van der Waals surface area contributed by atoms with Crippen molar-refractivity contribution in [1.82, 2.24) is 9.38 Å². The Balaban J connectivity index is 2.17. The zero-order valence-corrected chi connectivity index (χ0v) is 11.4. The number of hydrogen-bond acceptors (Lipinski definition) is 3. The molecule has 5 heteroatoms. The highest BCUT2D eigenvalue weighted by atomic mass is 16.4. The molecule has 0 aliphatic heterocycles. The van der Waals surface area contributed by atoms with E-state index in [-0.39, 0.29) is 12.2 Å². The summed E-state index contributed by atoms with van der Waals surface area (Å²) in [4.78, 5) is 15.4. The number of carboxylic acid groups (broad SMARTS) is 1. The van der Waals surface area contributed by atoms with Gasteiger partial charge in [-0.05, 0) is 30.7 Å². The summed E-state index contributed by atoms with van der Waals surface area (Å²) in [6, 6.07) is 10.3. The van der Waals surface area contributed by atoms with Crippen LogP contribution in [0.2, 0.25) is 0 Å². The minimum Gasteiger partial charge on any atom is -0.478 e. The Morgan fingerprint density at radius 2 is 1.90 bits per heavy atom. The third kappa shape index (κ3) is 2.28. The SMILES string of the molecule is Cc1ccc2nc(-c3ccc(C(=O)O)cc3)c(CO)n2c1. The van der Waals surface area contributed by atoms with Gasteiger partial charge in [-0.1, -0.05) is 18.2 Å². The number of aromatic carboxylic acids is 1. The van der Waals surface area contributed by atoms with Gasteiger partial charge in [-0.25, -0.2) is 9.78 Å². The minimum atomic E-state index is -0.963. The Hall–Kier alpha value is -2.66. The molecule has 0 spiro atoms. The number of hydrogen-bond donors (Lipinski definition) is 2. The highest BCUT2D eigenvalue weighted by molar-refractivity contribution is 5.88. The van der Waals surface area contributed by atoms with Crippen LogP contribution in [0, 0.1) is 6.92 Å². The number of carbonyl (C=O) groups is 1. The number of imidazole rings is 1. The molecule has 5 nitrogen and oxygen atoms in total. The lowest BCUT2D eigenvalue weighted by atomic mass is 10.1. The van der Waals surface area contributed by atoms with Gasteiger partial charge >= 0.3 is 5.97 Å². The maximum absolute atomic E-state index is 10.9. The summed E-state index contributed by atoms with van der Waals surface area (Å²) < 4.78 is 1.86. The molecule has 3 rings (SSSR count). The number of aliphatic hydroxyl groups is 1. The van der Waals surface area contributed by atoms with Crippen LogP contribution in [-0.4, -0.2) is 25.6 Å². The number of aliphatic hydroxyl groups excluding tert-OH is 1. The van der Waals surface area contributed by atoms with E-state index in [4.69, 9.17) is 5.11 Å². The van der Waals surface area contributed by atoms with Crippen LogP contribution in [0.1, 0.15) is 21.6 Å². The third-order valence-corrected chi connectivity index (χ3v) is 3.42. The third-order valence-electron chi connectivity index (χ3n) is 3.42. The van der Waals surface area contributed by atoms with E-state index in [1.165, 1.54) is 12.1 Å². The summed E-state index contributed by atoms with van der Waals surface area (Å²) in [7, 11) is 0. The van der Waals surface area contributed by atoms with E-state index in [1.54, 1.807) is 12.1 Å². The lowest BCUT2D eigenvalue weighted by Crippen LogP contribution is -1.97. The fourth-order valence-corrected chi connectivity index (χ4v) is 2.35. The van der Waals surface area contributed by atoms with Crippen LogP contribution >= 0.6 is 0 Å². The van der Waals surface area contributed by atoms with E-state index in [9.17, 15) is 9.90 Å². The summed E-state index contributed by atoms with van der Waals surface area (Å²) in [5.74, 6) is -0.963. The van der Waals surface area contributed by atoms with Crippen molar-refractivity contribution in [2.75, 3.05) is 0 Å². The number of benzene rings is 1. The van der Waals surface area contributed by atoms with Crippen molar-refractivity contribution in [3.63, 3.8) is 0 Å². The molecule has 0 amide bonds. The molecule has 0 aliphatic rings. The van der Waals surface area contributed by atoms with E-state index < -0.39 is 5.97 Å². The number of carboxylic acids is 1. The van der Waals surface area contributed by atoms with Gasteiger partial charge in [0.1, 0.15) is 5.65 Å². The highest BCUT2D eigenvalue weighted by Gasteiger charge is 2.13. The first-order valence-corrected chi connectivity index (χ1v) is 6.52. The van der Waals surface area contributed by atoms with Crippen LogP contribution in [0.3, 0.4) is 0 Å². The summed E-state index contributed by atoms with van der Waals surface area (Å²) in [6.07, 6.45) is 1.92. The van der Waals surface area contributed by atoms with Gasteiger partial charge in [-0.2, -0.15) is 0 Å². The van der Waals surface area contributed by atoms with Gasteiger partial charge in [0.15, 0.2) is 0 Å². The molecule has 1 aromatic carbocycles. The fraction of sp³-hybridized carbons (Fsp3) is 0.125. The first-order valence-electron chi connectivity index (χ1n) is 6.52. The highest BCUT2D eigenvalue weighted by Crippen LogP contribution is 2.25. The molecule has 2 heterocycles. The zero-order chi connectivity index (χ0) is 15.0. The van der Waals surface area contributed by atoms with Crippen molar-refractivity contribution < 1.29 is 15.0 Å². The van der Waals surface area contributed by atoms with Crippen molar-refractivity contribution in [1.29, 1.82) is 0 Å². The van der Waals surface area contributed by atoms with Gasteiger partial charge in [-0.15, -0.1) is 0 Å². The van der Waals surface area contributed by atoms with Gasteiger partial charge in [-0.3, -0.25) is 0 Å². The monoisotopic (exact) mass is 282 g/mol. The average Bonchev–Trinajstić information content (AvgIpc) is 2.85. The second kappa shape index (κ2) is 5.03. The van der Waals surface area contributed by atoms with Crippen molar-refractivity contribution in [3.8, 4) is 11.3 Å². The molecule has 0 atom stereocenters. The molecule has 0 saturated heterocycles. The molecule has 2 N–H and O–H groups in total. The Labute approximate surface area is 121 Å². The number of nitrogens with zero attached hydrogens (tertiary/aromatic N) is 2. The van der Waals surface area contributed by atoms with Crippen molar-refractivity contribution in [2.24, 2.45) is 0 Å². The quantitative estimate of drug-likeness (QED) is 0.774. The zero-order valence-electron chi connectivity index (χ0n) is 11.4. The summed E-state index contributed by atoms with van der Waals surface area (Å²) in [6.45, 7) is 1.84. The second-order valence-corrected chi connectivity index (χ2v) is 4.88. The van der Waals surface area contributed by atoms with Gasteiger partial charge in [0.2, 0.25) is 0 Å². The predicted octanol–water partition coefficient (Wildman–Crippen LogP) is 2.50. The summed E-state index contributed by atoms with van der Waals surface area (Å²) in [5.41, 5.74) is 4.19. The van der Waals surface area contributed by atoms with Gasteiger partial charge in [0, 0.05) is 11.8 Å². The molecule has 106 valence electrons. The number of fused-ring (bicyclic) bond motifs is 1. The van der Waals surface area contributed by atoms with Gasteiger partial charge in [0.05, 0.1) is 23.6 Å². The summed E-state index contributed by atoms with van der Waals surface area (Å²) in [5, 5.41) is 18.6. The summed E-state index contributed by atoms with van der Waals surface area (Å²) >= 11 is 0. The Kier molecular flexibility index (Phi) is 3.19. The van der Waals surface area contributed by atoms with Gasteiger partial charge in [0.25, 0.3) is 0 Å². The molecule has 0 aliphatic carbocycles. The van der Waals surface area contributed by atoms with E-state index >= 15 is 0 Å². The number of pyridine rings is 1. The molecule has 0 radical (unpaired) electrons. The lowest BCUT2D eigenvalue weighted by molar-refractivity contribution is 0.0697. The second-order valence-electron chi connectivity index (χ2n) is 4.88. The van der Waals surface area contributed by atoms with Crippen molar-refractivity contribution in [2.45, 2.75) is 13.5 Å². The van der Waals surface area contributed by atoms with Gasteiger partial charge < -0.3 is 14.6 Å². The Bertz CT molecular complexity index is 819. The maximum atomic E-state index is 10.9. The predicted molar refractivity (Wildman–Crippen MR) is 78.2 cm³/mol. The molecule has 0 saturated carbocycles. The topological polar surface area (TPSA) is 74.8 Å². The molecule has 0 unspecified atom stereocenters. The van der Waals surface area contributed by atoms with Crippen LogP contribution in [-0.2, 0) is 6.61 Å². The van der Waals surface area contributed by atoms with Crippen LogP contribution < -0.4 is 0 Å².